The Kier molecular flexibility index (Phi) is 4.81. The fourth-order valence-corrected chi connectivity index (χ4v) is 4.24. The van der Waals surface area contributed by atoms with Crippen LogP contribution in [0.4, 0.5) is 0 Å². The minimum Gasteiger partial charge on any atom is -0.461 e. The first-order chi connectivity index (χ1) is 14.1. The van der Waals surface area contributed by atoms with Gasteiger partial charge in [0.2, 0.25) is 0 Å². The van der Waals surface area contributed by atoms with Gasteiger partial charge >= 0.3 is 5.97 Å². The molecule has 1 aromatic carbocycles. The van der Waals surface area contributed by atoms with Crippen molar-refractivity contribution in [3.05, 3.63) is 82.7 Å². The number of benzene rings is 1. The van der Waals surface area contributed by atoms with Gasteiger partial charge in [-0.15, -0.1) is 0 Å². The van der Waals surface area contributed by atoms with E-state index in [1.807, 2.05) is 30.4 Å². The molecule has 0 aromatic heterocycles. The standard InChI is InChI=1S/C23H21N3O3/c1-2-29-22(28)19-12-23-17(10-11-25-19)4-3-5-20(23)26-14-18(23)21(27)16-8-6-15(13-24)7-9-16/h3-10,12,18,25-26H,2,11,14H2,1H3. The second-order valence-corrected chi connectivity index (χ2v) is 7.11. The molecule has 146 valence electrons. The SMILES string of the molecule is CCOC(=O)C1=CC23C(=CCN1)C=CC=C2NCC3C(=O)c1ccc(C#N)cc1. The van der Waals surface area contributed by atoms with Crippen molar-refractivity contribution >= 4 is 11.8 Å². The molecule has 0 saturated carbocycles. The van der Waals surface area contributed by atoms with Gasteiger partial charge in [-0.05, 0) is 36.8 Å². The predicted molar refractivity (Wildman–Crippen MR) is 107 cm³/mol. The zero-order valence-electron chi connectivity index (χ0n) is 16.1. The lowest BCUT2D eigenvalue weighted by atomic mass is 9.65. The van der Waals surface area contributed by atoms with Crippen molar-refractivity contribution in [1.29, 1.82) is 5.26 Å². The molecule has 0 radical (unpaired) electrons. The summed E-state index contributed by atoms with van der Waals surface area (Å²) < 4.78 is 5.20. The molecule has 1 spiro atoms. The molecule has 1 aromatic rings. The van der Waals surface area contributed by atoms with Crippen LogP contribution in [0, 0.1) is 22.7 Å². The second kappa shape index (κ2) is 7.44. The van der Waals surface area contributed by atoms with Crippen molar-refractivity contribution in [2.45, 2.75) is 6.92 Å². The molecular weight excluding hydrogens is 366 g/mol. The molecule has 1 fully saturated rings. The van der Waals surface area contributed by atoms with E-state index in [9.17, 15) is 9.59 Å². The molecule has 29 heavy (non-hydrogen) atoms. The van der Waals surface area contributed by atoms with Crippen molar-refractivity contribution < 1.29 is 14.3 Å². The lowest BCUT2D eigenvalue weighted by Crippen LogP contribution is -2.35. The fourth-order valence-electron chi connectivity index (χ4n) is 4.24. The maximum atomic E-state index is 13.5. The van der Waals surface area contributed by atoms with Crippen LogP contribution in [0.2, 0.25) is 0 Å². The molecule has 4 rings (SSSR count). The summed E-state index contributed by atoms with van der Waals surface area (Å²) in [6, 6.07) is 8.74. The summed E-state index contributed by atoms with van der Waals surface area (Å²) in [5.74, 6) is -0.892. The lowest BCUT2D eigenvalue weighted by Gasteiger charge is -2.35. The van der Waals surface area contributed by atoms with Crippen LogP contribution in [-0.4, -0.2) is 31.4 Å². The average Bonchev–Trinajstić information content (AvgIpc) is 3.00. The molecule has 3 aliphatic rings. The first kappa shape index (κ1) is 18.8. The monoisotopic (exact) mass is 387 g/mol. The quantitative estimate of drug-likeness (QED) is 0.609. The molecule has 6 heteroatoms. The van der Waals surface area contributed by atoms with E-state index in [1.54, 1.807) is 31.2 Å². The van der Waals surface area contributed by atoms with Crippen LogP contribution in [0.15, 0.2) is 71.6 Å². The van der Waals surface area contributed by atoms with Gasteiger partial charge < -0.3 is 15.4 Å². The minimum absolute atomic E-state index is 0.0343. The van der Waals surface area contributed by atoms with Crippen LogP contribution >= 0.6 is 0 Å². The number of ketones is 1. The van der Waals surface area contributed by atoms with Gasteiger partial charge in [-0.2, -0.15) is 5.26 Å². The largest absolute Gasteiger partial charge is 0.461 e. The Morgan fingerprint density at radius 3 is 2.79 bits per heavy atom. The van der Waals surface area contributed by atoms with Crippen molar-refractivity contribution in [2.75, 3.05) is 19.7 Å². The first-order valence-electron chi connectivity index (χ1n) is 9.61. The maximum absolute atomic E-state index is 13.5. The topological polar surface area (TPSA) is 91.2 Å². The third-order valence-electron chi connectivity index (χ3n) is 5.61. The van der Waals surface area contributed by atoms with Crippen LogP contribution in [0.25, 0.3) is 0 Å². The Hall–Kier alpha value is -3.59. The van der Waals surface area contributed by atoms with Crippen LogP contribution in [0.5, 0.6) is 0 Å². The Labute approximate surface area is 169 Å². The summed E-state index contributed by atoms with van der Waals surface area (Å²) in [6.07, 6.45) is 9.74. The van der Waals surface area contributed by atoms with Gasteiger partial charge in [0.25, 0.3) is 0 Å². The third kappa shape index (κ3) is 3.05. The molecule has 2 aliphatic heterocycles. The van der Waals surface area contributed by atoms with E-state index in [1.165, 1.54) is 0 Å². The predicted octanol–water partition coefficient (Wildman–Crippen LogP) is 2.38. The zero-order chi connectivity index (χ0) is 20.4. The number of rotatable bonds is 4. The van der Waals surface area contributed by atoms with E-state index in [0.29, 0.717) is 29.9 Å². The number of nitrogens with one attached hydrogen (secondary N) is 2. The molecule has 2 heterocycles. The molecule has 0 amide bonds. The number of hydrogen-bond acceptors (Lipinski definition) is 6. The van der Waals surface area contributed by atoms with Crippen LogP contribution in [0.3, 0.4) is 0 Å². The molecule has 2 unspecified atom stereocenters. The first-order valence-corrected chi connectivity index (χ1v) is 9.61. The summed E-state index contributed by atoms with van der Waals surface area (Å²) in [4.78, 5) is 26.0. The number of hydrogen-bond donors (Lipinski definition) is 2. The van der Waals surface area contributed by atoms with Gasteiger partial charge in [0, 0.05) is 24.4 Å². The summed E-state index contributed by atoms with van der Waals surface area (Å²) in [7, 11) is 0. The number of ether oxygens (including phenoxy) is 1. The van der Waals surface area contributed by atoms with E-state index >= 15 is 0 Å². The minimum atomic E-state index is -0.759. The molecule has 1 aliphatic carbocycles. The van der Waals surface area contributed by atoms with E-state index in [4.69, 9.17) is 10.00 Å². The maximum Gasteiger partial charge on any atom is 0.354 e. The Morgan fingerprint density at radius 2 is 2.07 bits per heavy atom. The Bertz CT molecular complexity index is 1020. The van der Waals surface area contributed by atoms with Crippen LogP contribution in [-0.2, 0) is 9.53 Å². The van der Waals surface area contributed by atoms with Crippen LogP contribution in [0.1, 0.15) is 22.8 Å². The van der Waals surface area contributed by atoms with Gasteiger partial charge in [0.15, 0.2) is 5.78 Å². The highest BCUT2D eigenvalue weighted by molar-refractivity contribution is 6.00. The molecule has 6 nitrogen and oxygen atoms in total. The molecular formula is C23H21N3O3. The second-order valence-electron chi connectivity index (χ2n) is 7.11. The molecule has 0 bridgehead atoms. The normalized spacial score (nSPS) is 24.3. The number of carbonyl (C=O) groups excluding carboxylic acids is 2. The third-order valence-corrected chi connectivity index (χ3v) is 5.61. The average molecular weight is 387 g/mol. The van der Waals surface area contributed by atoms with E-state index in [2.05, 4.69) is 16.7 Å². The van der Waals surface area contributed by atoms with Crippen LogP contribution < -0.4 is 10.6 Å². The molecule has 2 atom stereocenters. The lowest BCUT2D eigenvalue weighted by molar-refractivity contribution is -0.139. The van der Waals surface area contributed by atoms with E-state index in [-0.39, 0.29) is 12.4 Å². The summed E-state index contributed by atoms with van der Waals surface area (Å²) in [5.41, 5.74) is 2.52. The molecule has 2 N–H and O–H groups in total. The summed E-state index contributed by atoms with van der Waals surface area (Å²) in [6.45, 7) is 2.97. The van der Waals surface area contributed by atoms with E-state index in [0.717, 1.165) is 11.3 Å². The van der Waals surface area contributed by atoms with Crippen molar-refractivity contribution in [1.82, 2.24) is 10.6 Å². The zero-order valence-corrected chi connectivity index (χ0v) is 16.1. The van der Waals surface area contributed by atoms with Gasteiger partial charge in [-0.1, -0.05) is 30.4 Å². The number of allylic oxidation sites excluding steroid dienone is 4. The van der Waals surface area contributed by atoms with Crippen molar-refractivity contribution in [2.24, 2.45) is 11.3 Å². The fraction of sp³-hybridized carbons (Fsp3) is 0.261. The van der Waals surface area contributed by atoms with Gasteiger partial charge in [0.05, 0.1) is 29.6 Å². The number of nitrogens with zero attached hydrogens (tertiary/aromatic N) is 1. The summed E-state index contributed by atoms with van der Waals surface area (Å²) >= 11 is 0. The molecule has 1 saturated heterocycles. The van der Waals surface area contributed by atoms with Gasteiger partial charge in [-0.25, -0.2) is 4.79 Å². The smallest absolute Gasteiger partial charge is 0.354 e. The van der Waals surface area contributed by atoms with E-state index < -0.39 is 17.3 Å². The van der Waals surface area contributed by atoms with Gasteiger partial charge in [0.1, 0.15) is 5.70 Å². The number of nitriles is 1. The number of esters is 1. The highest BCUT2D eigenvalue weighted by Gasteiger charge is 2.52. The van der Waals surface area contributed by atoms with Gasteiger partial charge in [-0.3, -0.25) is 4.79 Å². The van der Waals surface area contributed by atoms with Crippen molar-refractivity contribution in [3.8, 4) is 6.07 Å². The highest BCUT2D eigenvalue weighted by Crippen LogP contribution is 2.51. The highest BCUT2D eigenvalue weighted by atomic mass is 16.5. The summed E-state index contributed by atoms with van der Waals surface area (Å²) in [5, 5.41) is 15.5. The van der Waals surface area contributed by atoms with Crippen molar-refractivity contribution in [3.63, 3.8) is 0 Å². The number of carbonyl (C=O) groups is 2. The Morgan fingerprint density at radius 1 is 1.28 bits per heavy atom. The Balaban J connectivity index is 1.80. The number of Topliss-reactive ketones (excluding diaryl/α,β-unsaturated/α-hetero) is 1.